The van der Waals surface area contributed by atoms with E-state index in [1.807, 2.05) is 50.2 Å². The number of aromatic nitrogens is 3. The molecule has 1 amide bonds. The van der Waals surface area contributed by atoms with E-state index in [4.69, 9.17) is 0 Å². The van der Waals surface area contributed by atoms with Gasteiger partial charge in [0.05, 0.1) is 5.39 Å². The maximum absolute atomic E-state index is 13.4. The van der Waals surface area contributed by atoms with E-state index in [-0.39, 0.29) is 11.5 Å². The lowest BCUT2D eigenvalue weighted by Crippen LogP contribution is -2.40. The third kappa shape index (κ3) is 3.55. The number of carbonyl (C=O) groups excluding carboxylic acids is 1. The molecule has 1 aromatic carbocycles. The van der Waals surface area contributed by atoms with Crippen LogP contribution in [0.4, 0.5) is 5.69 Å². The van der Waals surface area contributed by atoms with Gasteiger partial charge in [-0.2, -0.15) is 0 Å². The molecule has 29 heavy (non-hydrogen) atoms. The van der Waals surface area contributed by atoms with Crippen molar-refractivity contribution in [3.05, 3.63) is 64.3 Å². The van der Waals surface area contributed by atoms with Gasteiger partial charge in [0.2, 0.25) is 5.91 Å². The van der Waals surface area contributed by atoms with Gasteiger partial charge in [0.25, 0.3) is 5.56 Å². The minimum atomic E-state index is -0.601. The van der Waals surface area contributed by atoms with Crippen molar-refractivity contribution in [2.24, 2.45) is 0 Å². The molecule has 0 aliphatic heterocycles. The van der Waals surface area contributed by atoms with Gasteiger partial charge in [0.1, 0.15) is 12.4 Å². The van der Waals surface area contributed by atoms with E-state index >= 15 is 0 Å². The highest BCUT2D eigenvalue weighted by atomic mass is 16.2. The second kappa shape index (κ2) is 8.15. The zero-order valence-electron chi connectivity index (χ0n) is 17.0. The number of likely N-dealkylation sites (N-methyl/N-ethyl adjacent to an activating group) is 1. The third-order valence-electron chi connectivity index (χ3n) is 5.71. The number of para-hydroxylation sites is 1. The van der Waals surface area contributed by atoms with E-state index < -0.39 is 6.04 Å². The van der Waals surface area contributed by atoms with Crippen molar-refractivity contribution in [1.29, 1.82) is 0 Å². The van der Waals surface area contributed by atoms with Crippen LogP contribution in [0.5, 0.6) is 0 Å². The Bertz CT molecular complexity index is 1090. The van der Waals surface area contributed by atoms with Gasteiger partial charge in [-0.15, -0.1) is 0 Å². The van der Waals surface area contributed by atoms with Gasteiger partial charge in [0.15, 0.2) is 5.65 Å². The van der Waals surface area contributed by atoms with Crippen molar-refractivity contribution in [2.45, 2.75) is 52.0 Å². The number of nitrogens with zero attached hydrogens (tertiary/aromatic N) is 4. The summed E-state index contributed by atoms with van der Waals surface area (Å²) in [5.74, 6) is -0.102. The van der Waals surface area contributed by atoms with Crippen LogP contribution in [0.3, 0.4) is 0 Å². The average Bonchev–Trinajstić information content (AvgIpc) is 2.76. The lowest BCUT2D eigenvalue weighted by molar-refractivity contribution is -0.121. The second-order valence-corrected chi connectivity index (χ2v) is 7.47. The van der Waals surface area contributed by atoms with Crippen molar-refractivity contribution < 1.29 is 4.79 Å². The smallest absolute Gasteiger partial charge is 0.263 e. The molecule has 0 bridgehead atoms. The number of fused-ring (bicyclic) bond motifs is 2. The van der Waals surface area contributed by atoms with E-state index in [1.165, 1.54) is 10.9 Å². The summed E-state index contributed by atoms with van der Waals surface area (Å²) in [4.78, 5) is 37.4. The summed E-state index contributed by atoms with van der Waals surface area (Å²) >= 11 is 0. The molecule has 150 valence electrons. The quantitative estimate of drug-likeness (QED) is 0.667. The zero-order chi connectivity index (χ0) is 20.4. The first-order valence-corrected chi connectivity index (χ1v) is 10.4. The predicted molar refractivity (Wildman–Crippen MR) is 114 cm³/mol. The molecule has 2 heterocycles. The van der Waals surface area contributed by atoms with E-state index in [1.54, 1.807) is 4.90 Å². The van der Waals surface area contributed by atoms with Crippen LogP contribution >= 0.6 is 0 Å². The molecule has 3 aromatic rings. The molecule has 1 atom stereocenters. The van der Waals surface area contributed by atoms with Crippen LogP contribution in [0.1, 0.15) is 50.4 Å². The summed E-state index contributed by atoms with van der Waals surface area (Å²) in [6, 6.07) is 10.9. The Hall–Kier alpha value is -3.02. The molecule has 6 nitrogen and oxygen atoms in total. The van der Waals surface area contributed by atoms with Crippen molar-refractivity contribution in [3.8, 4) is 0 Å². The summed E-state index contributed by atoms with van der Waals surface area (Å²) in [6.45, 7) is 4.39. The Balaban J connectivity index is 1.76. The summed E-state index contributed by atoms with van der Waals surface area (Å²) < 4.78 is 1.48. The van der Waals surface area contributed by atoms with Gasteiger partial charge in [0, 0.05) is 17.9 Å². The molecule has 0 N–H and O–H groups in total. The van der Waals surface area contributed by atoms with Crippen LogP contribution in [0.2, 0.25) is 0 Å². The number of hydrogen-bond donors (Lipinski definition) is 0. The highest BCUT2D eigenvalue weighted by molar-refractivity contribution is 5.96. The minimum Gasteiger partial charge on any atom is -0.311 e. The summed E-state index contributed by atoms with van der Waals surface area (Å²) in [7, 11) is 0. The topological polar surface area (TPSA) is 68.1 Å². The molecule has 0 spiro atoms. The molecule has 0 saturated heterocycles. The Morgan fingerprint density at radius 3 is 2.66 bits per heavy atom. The fourth-order valence-corrected chi connectivity index (χ4v) is 4.15. The van der Waals surface area contributed by atoms with Crippen LogP contribution < -0.4 is 10.5 Å². The zero-order valence-corrected chi connectivity index (χ0v) is 17.0. The SMILES string of the molecule is CC[C@@H](C(=O)N(CC)c1ccccc1)n1cnc2nc3c(cc2c1=O)CCCC3. The third-order valence-corrected chi connectivity index (χ3v) is 5.71. The van der Waals surface area contributed by atoms with Crippen molar-refractivity contribution >= 4 is 22.6 Å². The van der Waals surface area contributed by atoms with Gasteiger partial charge < -0.3 is 4.90 Å². The molecular formula is C23H26N4O2. The standard InChI is InChI=1S/C23H26N4O2/c1-3-20(23(29)26(4-2)17-11-6-5-7-12-17)27-15-24-21-18(22(27)28)14-16-10-8-9-13-19(16)25-21/h5-7,11-12,14-15,20H,3-4,8-10,13H2,1-2H3/t20-/m0/s1. The fraction of sp³-hybridized carbons (Fsp3) is 0.391. The summed E-state index contributed by atoms with van der Waals surface area (Å²) in [5, 5.41) is 0.502. The number of benzene rings is 1. The van der Waals surface area contributed by atoms with Crippen LogP contribution in [0.15, 0.2) is 47.5 Å². The van der Waals surface area contributed by atoms with Crippen molar-refractivity contribution in [2.75, 3.05) is 11.4 Å². The summed E-state index contributed by atoms with van der Waals surface area (Å²) in [5.41, 5.74) is 3.30. The largest absolute Gasteiger partial charge is 0.311 e. The van der Waals surface area contributed by atoms with E-state index in [9.17, 15) is 9.59 Å². The minimum absolute atomic E-state index is 0.102. The van der Waals surface area contributed by atoms with Crippen molar-refractivity contribution in [3.63, 3.8) is 0 Å². The molecule has 1 aliphatic carbocycles. The molecule has 0 saturated carbocycles. The lowest BCUT2D eigenvalue weighted by atomic mass is 9.95. The monoisotopic (exact) mass is 390 g/mol. The first-order valence-electron chi connectivity index (χ1n) is 10.4. The number of anilines is 1. The lowest BCUT2D eigenvalue weighted by Gasteiger charge is -2.27. The number of pyridine rings is 1. The number of rotatable bonds is 5. The Labute approximate surface area is 170 Å². The van der Waals surface area contributed by atoms with Crippen molar-refractivity contribution in [1.82, 2.24) is 14.5 Å². The molecule has 0 fully saturated rings. The molecule has 6 heteroatoms. The van der Waals surface area contributed by atoms with E-state index in [2.05, 4.69) is 9.97 Å². The fourth-order valence-electron chi connectivity index (χ4n) is 4.15. The highest BCUT2D eigenvalue weighted by Gasteiger charge is 2.26. The number of aryl methyl sites for hydroxylation is 2. The van der Waals surface area contributed by atoms with Gasteiger partial charge >= 0.3 is 0 Å². The van der Waals surface area contributed by atoms with Crippen LogP contribution in [0.25, 0.3) is 11.0 Å². The van der Waals surface area contributed by atoms with E-state index in [0.29, 0.717) is 24.0 Å². The summed E-state index contributed by atoms with van der Waals surface area (Å²) in [6.07, 6.45) is 6.12. The van der Waals surface area contributed by atoms with Gasteiger partial charge in [-0.25, -0.2) is 9.97 Å². The predicted octanol–water partition coefficient (Wildman–Crippen LogP) is 3.67. The molecule has 0 radical (unpaired) electrons. The first-order chi connectivity index (χ1) is 14.1. The Morgan fingerprint density at radius 2 is 1.93 bits per heavy atom. The number of amides is 1. The average molecular weight is 390 g/mol. The Morgan fingerprint density at radius 1 is 1.17 bits per heavy atom. The van der Waals surface area contributed by atoms with Crippen LogP contribution in [0, 0.1) is 0 Å². The maximum atomic E-state index is 13.4. The molecular weight excluding hydrogens is 364 g/mol. The van der Waals surface area contributed by atoms with E-state index in [0.717, 1.165) is 42.6 Å². The second-order valence-electron chi connectivity index (χ2n) is 7.47. The van der Waals surface area contributed by atoms with Crippen LogP contribution in [-0.2, 0) is 17.6 Å². The normalized spacial score (nSPS) is 14.4. The van der Waals surface area contributed by atoms with Crippen LogP contribution in [-0.4, -0.2) is 27.0 Å². The first kappa shape index (κ1) is 19.3. The Kier molecular flexibility index (Phi) is 5.43. The maximum Gasteiger partial charge on any atom is 0.263 e. The molecule has 4 rings (SSSR count). The molecule has 0 unspecified atom stereocenters. The van der Waals surface area contributed by atoms with Gasteiger partial charge in [-0.3, -0.25) is 14.2 Å². The molecule has 1 aliphatic rings. The van der Waals surface area contributed by atoms with Gasteiger partial charge in [-0.05, 0) is 62.8 Å². The van der Waals surface area contributed by atoms with Gasteiger partial charge in [-0.1, -0.05) is 25.1 Å². The number of carbonyl (C=O) groups is 1. The highest BCUT2D eigenvalue weighted by Crippen LogP contribution is 2.23. The molecule has 2 aromatic heterocycles. The number of hydrogen-bond acceptors (Lipinski definition) is 4.